The molecule has 1 aromatic carbocycles. The van der Waals surface area contributed by atoms with Gasteiger partial charge < -0.3 is 10.1 Å². The first-order chi connectivity index (χ1) is 9.81. The maximum absolute atomic E-state index is 11.9. The van der Waals surface area contributed by atoms with Gasteiger partial charge in [0.1, 0.15) is 5.75 Å². The first-order valence-electron chi connectivity index (χ1n) is 6.89. The molecule has 1 aliphatic heterocycles. The van der Waals surface area contributed by atoms with E-state index in [4.69, 9.17) is 4.74 Å². The standard InChI is InChI=1S/C16H17NO2S/c18-16(5-1-3-14-4-2-10-20-14)17-13-6-7-15-12(11-13)8-9-19-15/h2,4,6-7,10-11H,1,3,5,8-9H2,(H,17,18). The van der Waals surface area contributed by atoms with Crippen molar-refractivity contribution in [2.45, 2.75) is 25.7 Å². The van der Waals surface area contributed by atoms with Crippen molar-refractivity contribution in [1.82, 2.24) is 0 Å². The maximum atomic E-state index is 11.9. The molecule has 104 valence electrons. The molecule has 2 aromatic rings. The summed E-state index contributed by atoms with van der Waals surface area (Å²) in [5.74, 6) is 1.03. The number of nitrogens with one attached hydrogen (secondary N) is 1. The summed E-state index contributed by atoms with van der Waals surface area (Å²) in [5, 5.41) is 5.03. The second-order valence-electron chi connectivity index (χ2n) is 4.90. The average molecular weight is 287 g/mol. The summed E-state index contributed by atoms with van der Waals surface area (Å²) in [5.41, 5.74) is 2.05. The summed E-state index contributed by atoms with van der Waals surface area (Å²) in [4.78, 5) is 13.2. The number of hydrogen-bond donors (Lipinski definition) is 1. The largest absolute Gasteiger partial charge is 0.493 e. The lowest BCUT2D eigenvalue weighted by Gasteiger charge is -2.06. The molecule has 0 bridgehead atoms. The van der Waals surface area contributed by atoms with Crippen molar-refractivity contribution in [1.29, 1.82) is 0 Å². The van der Waals surface area contributed by atoms with Crippen molar-refractivity contribution in [2.24, 2.45) is 0 Å². The zero-order valence-corrected chi connectivity index (χ0v) is 12.0. The fraction of sp³-hybridized carbons (Fsp3) is 0.312. The van der Waals surface area contributed by atoms with Crippen LogP contribution in [-0.2, 0) is 17.6 Å². The van der Waals surface area contributed by atoms with Crippen LogP contribution in [0.4, 0.5) is 5.69 Å². The van der Waals surface area contributed by atoms with Gasteiger partial charge in [-0.2, -0.15) is 0 Å². The van der Waals surface area contributed by atoms with Gasteiger partial charge in [0.2, 0.25) is 5.91 Å². The molecule has 20 heavy (non-hydrogen) atoms. The molecule has 0 fully saturated rings. The van der Waals surface area contributed by atoms with E-state index in [1.807, 2.05) is 24.3 Å². The Morgan fingerprint density at radius 1 is 1.35 bits per heavy atom. The first kappa shape index (κ1) is 13.2. The van der Waals surface area contributed by atoms with Crippen molar-refractivity contribution in [2.75, 3.05) is 11.9 Å². The molecule has 1 aliphatic rings. The molecule has 1 aromatic heterocycles. The molecular weight excluding hydrogens is 270 g/mol. The van der Waals surface area contributed by atoms with E-state index in [2.05, 4.69) is 16.8 Å². The molecule has 1 N–H and O–H groups in total. The Balaban J connectivity index is 1.49. The third kappa shape index (κ3) is 3.20. The van der Waals surface area contributed by atoms with Gasteiger partial charge in [-0.1, -0.05) is 6.07 Å². The third-order valence-corrected chi connectivity index (χ3v) is 4.32. The number of benzene rings is 1. The lowest BCUT2D eigenvalue weighted by Crippen LogP contribution is -2.11. The van der Waals surface area contributed by atoms with Crippen LogP contribution >= 0.6 is 11.3 Å². The van der Waals surface area contributed by atoms with Crippen molar-refractivity contribution in [3.63, 3.8) is 0 Å². The van der Waals surface area contributed by atoms with E-state index < -0.39 is 0 Å². The molecule has 2 heterocycles. The SMILES string of the molecule is O=C(CCCc1cccs1)Nc1ccc2c(c1)CCO2. The Bertz CT molecular complexity index is 593. The van der Waals surface area contributed by atoms with Crippen molar-refractivity contribution in [3.8, 4) is 5.75 Å². The Kier molecular flexibility index (Phi) is 4.02. The Hall–Kier alpha value is -1.81. The van der Waals surface area contributed by atoms with E-state index in [9.17, 15) is 4.79 Å². The van der Waals surface area contributed by atoms with Crippen molar-refractivity contribution < 1.29 is 9.53 Å². The summed E-state index contributed by atoms with van der Waals surface area (Å²) in [7, 11) is 0. The highest BCUT2D eigenvalue weighted by Gasteiger charge is 2.12. The predicted molar refractivity (Wildman–Crippen MR) is 81.5 cm³/mol. The third-order valence-electron chi connectivity index (χ3n) is 3.38. The number of thiophene rings is 1. The summed E-state index contributed by atoms with van der Waals surface area (Å²) < 4.78 is 5.45. The fourth-order valence-electron chi connectivity index (χ4n) is 2.37. The van der Waals surface area contributed by atoms with Gasteiger partial charge in [0, 0.05) is 23.4 Å². The van der Waals surface area contributed by atoms with E-state index in [0.717, 1.165) is 37.3 Å². The number of amides is 1. The minimum Gasteiger partial charge on any atom is -0.493 e. The molecule has 0 spiro atoms. The number of hydrogen-bond acceptors (Lipinski definition) is 3. The van der Waals surface area contributed by atoms with E-state index in [1.54, 1.807) is 11.3 Å². The number of carbonyl (C=O) groups excluding carboxylic acids is 1. The zero-order chi connectivity index (χ0) is 13.8. The van der Waals surface area contributed by atoms with E-state index in [-0.39, 0.29) is 5.91 Å². The number of carbonyl (C=O) groups is 1. The zero-order valence-electron chi connectivity index (χ0n) is 11.2. The summed E-state index contributed by atoms with van der Waals surface area (Å²) in [6.07, 6.45) is 3.35. The lowest BCUT2D eigenvalue weighted by molar-refractivity contribution is -0.116. The van der Waals surface area contributed by atoms with E-state index in [0.29, 0.717) is 6.42 Å². The Morgan fingerprint density at radius 3 is 3.15 bits per heavy atom. The molecule has 4 heteroatoms. The van der Waals surface area contributed by atoms with Gasteiger partial charge in [0.15, 0.2) is 0 Å². The van der Waals surface area contributed by atoms with Crippen LogP contribution in [0.1, 0.15) is 23.3 Å². The van der Waals surface area contributed by atoms with Crippen LogP contribution in [0.5, 0.6) is 5.75 Å². The number of aryl methyl sites for hydroxylation is 1. The summed E-state index contributed by atoms with van der Waals surface area (Å²) >= 11 is 1.75. The highest BCUT2D eigenvalue weighted by Crippen LogP contribution is 2.27. The molecule has 0 aliphatic carbocycles. The Morgan fingerprint density at radius 2 is 2.30 bits per heavy atom. The lowest BCUT2D eigenvalue weighted by atomic mass is 10.1. The molecule has 0 saturated carbocycles. The van der Waals surface area contributed by atoms with Crippen LogP contribution < -0.4 is 10.1 Å². The van der Waals surface area contributed by atoms with Crippen LogP contribution in [0.25, 0.3) is 0 Å². The highest BCUT2D eigenvalue weighted by molar-refractivity contribution is 7.09. The average Bonchev–Trinajstić information content (AvgIpc) is 3.08. The minimum atomic E-state index is 0.0837. The first-order valence-corrected chi connectivity index (χ1v) is 7.77. The van der Waals surface area contributed by atoms with E-state index in [1.165, 1.54) is 10.4 Å². The minimum absolute atomic E-state index is 0.0837. The molecule has 0 saturated heterocycles. The van der Waals surface area contributed by atoms with Crippen LogP contribution in [0.2, 0.25) is 0 Å². The smallest absolute Gasteiger partial charge is 0.224 e. The molecule has 0 unspecified atom stereocenters. The topological polar surface area (TPSA) is 38.3 Å². The van der Waals surface area contributed by atoms with Gasteiger partial charge in [-0.15, -0.1) is 11.3 Å². The van der Waals surface area contributed by atoms with Crippen LogP contribution in [0.15, 0.2) is 35.7 Å². The van der Waals surface area contributed by atoms with Crippen LogP contribution in [-0.4, -0.2) is 12.5 Å². The number of ether oxygens (including phenoxy) is 1. The predicted octanol–water partition coefficient (Wildman–Crippen LogP) is 3.64. The molecule has 3 nitrogen and oxygen atoms in total. The second kappa shape index (κ2) is 6.09. The normalized spacial score (nSPS) is 12.8. The van der Waals surface area contributed by atoms with Gasteiger partial charge in [-0.05, 0) is 48.1 Å². The van der Waals surface area contributed by atoms with Gasteiger partial charge in [-0.3, -0.25) is 4.79 Å². The summed E-state index contributed by atoms with van der Waals surface area (Å²) in [6, 6.07) is 10.0. The fourth-order valence-corrected chi connectivity index (χ4v) is 3.12. The molecule has 0 atom stereocenters. The molecular formula is C16H17NO2S. The second-order valence-corrected chi connectivity index (χ2v) is 5.93. The van der Waals surface area contributed by atoms with Gasteiger partial charge >= 0.3 is 0 Å². The number of fused-ring (bicyclic) bond motifs is 1. The van der Waals surface area contributed by atoms with Crippen LogP contribution in [0.3, 0.4) is 0 Å². The van der Waals surface area contributed by atoms with Crippen LogP contribution in [0, 0.1) is 0 Å². The number of anilines is 1. The number of rotatable bonds is 5. The summed E-state index contributed by atoms with van der Waals surface area (Å²) in [6.45, 7) is 0.744. The van der Waals surface area contributed by atoms with Gasteiger partial charge in [0.25, 0.3) is 0 Å². The van der Waals surface area contributed by atoms with Crippen molar-refractivity contribution >= 4 is 22.9 Å². The molecule has 1 amide bonds. The maximum Gasteiger partial charge on any atom is 0.224 e. The Labute approximate surface area is 122 Å². The monoisotopic (exact) mass is 287 g/mol. The molecule has 3 rings (SSSR count). The van der Waals surface area contributed by atoms with Gasteiger partial charge in [0.05, 0.1) is 6.61 Å². The molecule has 0 radical (unpaired) electrons. The van der Waals surface area contributed by atoms with E-state index >= 15 is 0 Å². The van der Waals surface area contributed by atoms with Crippen molar-refractivity contribution in [3.05, 3.63) is 46.2 Å². The quantitative estimate of drug-likeness (QED) is 0.911. The van der Waals surface area contributed by atoms with Gasteiger partial charge in [-0.25, -0.2) is 0 Å². The highest BCUT2D eigenvalue weighted by atomic mass is 32.1.